The summed E-state index contributed by atoms with van der Waals surface area (Å²) in [5, 5.41) is 1.46. The normalized spacial score (nSPS) is 22.1. The topological polar surface area (TPSA) is 30.2 Å². The SMILES string of the molecule is CC1(C)CCCCC1C(=O)c1cc2cccc(Cl)c2o1. The zero-order chi connectivity index (χ0) is 14.3. The van der Waals surface area contributed by atoms with Crippen molar-refractivity contribution in [3.8, 4) is 0 Å². The third kappa shape index (κ3) is 2.26. The van der Waals surface area contributed by atoms with Crippen LogP contribution in [0.3, 0.4) is 0 Å². The maximum Gasteiger partial charge on any atom is 0.201 e. The lowest BCUT2D eigenvalue weighted by Gasteiger charge is -2.37. The van der Waals surface area contributed by atoms with Gasteiger partial charge < -0.3 is 4.42 Å². The van der Waals surface area contributed by atoms with Gasteiger partial charge in [-0.3, -0.25) is 4.79 Å². The average molecular weight is 291 g/mol. The second-order valence-electron chi connectivity index (χ2n) is 6.42. The number of fused-ring (bicyclic) bond motifs is 1. The summed E-state index contributed by atoms with van der Waals surface area (Å²) in [5.74, 6) is 0.630. The Labute approximate surface area is 124 Å². The second kappa shape index (κ2) is 4.92. The molecule has 1 aromatic carbocycles. The first-order valence-electron chi connectivity index (χ1n) is 7.21. The van der Waals surface area contributed by atoms with Gasteiger partial charge in [-0.15, -0.1) is 0 Å². The van der Waals surface area contributed by atoms with Crippen LogP contribution in [0.1, 0.15) is 50.1 Å². The number of rotatable bonds is 2. The first kappa shape index (κ1) is 13.7. The molecule has 2 aromatic rings. The van der Waals surface area contributed by atoms with Crippen molar-refractivity contribution in [2.45, 2.75) is 39.5 Å². The van der Waals surface area contributed by atoms with Gasteiger partial charge in [0, 0.05) is 11.3 Å². The molecule has 20 heavy (non-hydrogen) atoms. The molecule has 1 heterocycles. The van der Waals surface area contributed by atoms with E-state index in [2.05, 4.69) is 13.8 Å². The molecule has 0 N–H and O–H groups in total. The molecule has 3 rings (SSSR count). The minimum atomic E-state index is 0.0515. The number of carbonyl (C=O) groups excluding carboxylic acids is 1. The maximum absolute atomic E-state index is 12.8. The van der Waals surface area contributed by atoms with E-state index < -0.39 is 0 Å². The smallest absolute Gasteiger partial charge is 0.201 e. The van der Waals surface area contributed by atoms with Crippen molar-refractivity contribution in [1.82, 2.24) is 0 Å². The van der Waals surface area contributed by atoms with Crippen molar-refractivity contribution in [2.24, 2.45) is 11.3 Å². The van der Waals surface area contributed by atoms with E-state index in [0.29, 0.717) is 16.4 Å². The van der Waals surface area contributed by atoms with Crippen LogP contribution in [-0.4, -0.2) is 5.78 Å². The van der Waals surface area contributed by atoms with Gasteiger partial charge in [0.1, 0.15) is 0 Å². The molecule has 1 aliphatic carbocycles. The van der Waals surface area contributed by atoms with Crippen LogP contribution in [-0.2, 0) is 0 Å². The monoisotopic (exact) mass is 290 g/mol. The Bertz CT molecular complexity index is 654. The molecule has 1 atom stereocenters. The van der Waals surface area contributed by atoms with Crippen LogP contribution in [0.5, 0.6) is 0 Å². The molecule has 2 nitrogen and oxygen atoms in total. The number of hydrogen-bond donors (Lipinski definition) is 0. The summed E-state index contributed by atoms with van der Waals surface area (Å²) in [7, 11) is 0. The van der Waals surface area contributed by atoms with E-state index in [1.54, 1.807) is 6.07 Å². The van der Waals surface area contributed by atoms with Gasteiger partial charge in [-0.2, -0.15) is 0 Å². The average Bonchev–Trinajstić information content (AvgIpc) is 2.83. The quantitative estimate of drug-likeness (QED) is 0.685. The highest BCUT2D eigenvalue weighted by molar-refractivity contribution is 6.34. The number of benzene rings is 1. The van der Waals surface area contributed by atoms with Crippen molar-refractivity contribution in [3.05, 3.63) is 35.0 Å². The number of carbonyl (C=O) groups is 1. The zero-order valence-corrected chi connectivity index (χ0v) is 12.7. The van der Waals surface area contributed by atoms with Gasteiger partial charge in [0.05, 0.1) is 5.02 Å². The fourth-order valence-electron chi connectivity index (χ4n) is 3.30. The first-order valence-corrected chi connectivity index (χ1v) is 7.59. The van der Waals surface area contributed by atoms with Crippen molar-refractivity contribution in [2.75, 3.05) is 0 Å². The molecule has 0 saturated heterocycles. The highest BCUT2D eigenvalue weighted by Crippen LogP contribution is 2.42. The molecule has 0 spiro atoms. The number of halogens is 1. The van der Waals surface area contributed by atoms with Crippen molar-refractivity contribution >= 4 is 28.4 Å². The Morgan fingerprint density at radius 1 is 1.35 bits per heavy atom. The van der Waals surface area contributed by atoms with Crippen LogP contribution >= 0.6 is 11.6 Å². The van der Waals surface area contributed by atoms with E-state index in [4.69, 9.17) is 16.0 Å². The fraction of sp³-hybridized carbons (Fsp3) is 0.471. The summed E-state index contributed by atoms with van der Waals surface area (Å²) in [6, 6.07) is 7.41. The zero-order valence-electron chi connectivity index (χ0n) is 11.9. The van der Waals surface area contributed by atoms with Gasteiger partial charge >= 0.3 is 0 Å². The lowest BCUT2D eigenvalue weighted by atomic mass is 9.67. The van der Waals surface area contributed by atoms with Gasteiger partial charge in [-0.05, 0) is 30.4 Å². The van der Waals surface area contributed by atoms with Crippen molar-refractivity contribution < 1.29 is 9.21 Å². The molecule has 0 bridgehead atoms. The summed E-state index contributed by atoms with van der Waals surface area (Å²) in [4.78, 5) is 12.8. The molecular weight excluding hydrogens is 272 g/mol. The number of para-hydroxylation sites is 1. The summed E-state index contributed by atoms with van der Waals surface area (Å²) in [5.41, 5.74) is 0.670. The van der Waals surface area contributed by atoms with Crippen LogP contribution < -0.4 is 0 Å². The molecule has 1 aromatic heterocycles. The summed E-state index contributed by atoms with van der Waals surface area (Å²) >= 11 is 6.11. The van der Waals surface area contributed by atoms with E-state index >= 15 is 0 Å². The Balaban J connectivity index is 1.98. The number of ketones is 1. The van der Waals surface area contributed by atoms with Crippen molar-refractivity contribution in [3.63, 3.8) is 0 Å². The molecular formula is C17H19ClO2. The van der Waals surface area contributed by atoms with Crippen LogP contribution in [0, 0.1) is 11.3 Å². The molecule has 1 fully saturated rings. The molecule has 0 radical (unpaired) electrons. The van der Waals surface area contributed by atoms with Gasteiger partial charge in [-0.25, -0.2) is 0 Å². The van der Waals surface area contributed by atoms with Gasteiger partial charge in [0.25, 0.3) is 0 Å². The van der Waals surface area contributed by atoms with Gasteiger partial charge in [0.15, 0.2) is 11.3 Å². The highest BCUT2D eigenvalue weighted by Gasteiger charge is 2.38. The van der Waals surface area contributed by atoms with Crippen molar-refractivity contribution in [1.29, 1.82) is 0 Å². The third-order valence-corrected chi connectivity index (χ3v) is 4.86. The molecule has 1 unspecified atom stereocenters. The van der Waals surface area contributed by atoms with E-state index in [-0.39, 0.29) is 17.1 Å². The van der Waals surface area contributed by atoms with E-state index in [0.717, 1.165) is 24.6 Å². The fourth-order valence-corrected chi connectivity index (χ4v) is 3.52. The van der Waals surface area contributed by atoms with Gasteiger partial charge in [-0.1, -0.05) is 50.4 Å². The molecule has 1 saturated carbocycles. The first-order chi connectivity index (χ1) is 9.49. The number of furan rings is 1. The predicted molar refractivity (Wildman–Crippen MR) is 81.3 cm³/mol. The Kier molecular flexibility index (Phi) is 3.37. The van der Waals surface area contributed by atoms with E-state index in [1.165, 1.54) is 6.42 Å². The standard InChI is InChI=1S/C17H19ClO2/c1-17(2)9-4-3-7-12(17)15(19)14-10-11-6-5-8-13(18)16(11)20-14/h5-6,8,10,12H,3-4,7,9H2,1-2H3. The predicted octanol–water partition coefficient (Wildman–Crippen LogP) is 5.49. The number of Topliss-reactive ketones (excluding diaryl/α,β-unsaturated/α-hetero) is 1. The van der Waals surface area contributed by atoms with Crippen LogP contribution in [0.25, 0.3) is 11.0 Å². The van der Waals surface area contributed by atoms with E-state index in [1.807, 2.05) is 18.2 Å². The van der Waals surface area contributed by atoms with E-state index in [9.17, 15) is 4.79 Å². The minimum Gasteiger partial charge on any atom is -0.451 e. The molecule has 3 heteroatoms. The third-order valence-electron chi connectivity index (χ3n) is 4.56. The maximum atomic E-state index is 12.8. The molecule has 106 valence electrons. The van der Waals surface area contributed by atoms with Crippen LogP contribution in [0.4, 0.5) is 0 Å². The second-order valence-corrected chi connectivity index (χ2v) is 6.83. The molecule has 0 amide bonds. The number of hydrogen-bond acceptors (Lipinski definition) is 2. The lowest BCUT2D eigenvalue weighted by molar-refractivity contribution is 0.0670. The minimum absolute atomic E-state index is 0.0515. The Morgan fingerprint density at radius 3 is 2.85 bits per heavy atom. The van der Waals surface area contributed by atoms with Crippen LogP contribution in [0.15, 0.2) is 28.7 Å². The Morgan fingerprint density at radius 2 is 2.15 bits per heavy atom. The molecule has 0 aliphatic heterocycles. The highest BCUT2D eigenvalue weighted by atomic mass is 35.5. The molecule has 1 aliphatic rings. The Hall–Kier alpha value is -1.28. The lowest BCUT2D eigenvalue weighted by Crippen LogP contribution is -2.33. The van der Waals surface area contributed by atoms with Crippen LogP contribution in [0.2, 0.25) is 5.02 Å². The summed E-state index contributed by atoms with van der Waals surface area (Å²) in [6.45, 7) is 4.37. The van der Waals surface area contributed by atoms with Gasteiger partial charge in [0.2, 0.25) is 5.78 Å². The summed E-state index contributed by atoms with van der Waals surface area (Å²) in [6.07, 6.45) is 4.39. The largest absolute Gasteiger partial charge is 0.451 e. The summed E-state index contributed by atoms with van der Waals surface area (Å²) < 4.78 is 5.73.